The van der Waals surface area contributed by atoms with E-state index in [0.717, 1.165) is 31.2 Å². The molecule has 3 heteroatoms. The fourth-order valence-electron chi connectivity index (χ4n) is 3.13. The molecule has 0 bridgehead atoms. The summed E-state index contributed by atoms with van der Waals surface area (Å²) in [5.74, 6) is -0.220. The third-order valence-electron chi connectivity index (χ3n) is 4.18. The Bertz CT molecular complexity index is 382. The topological polar surface area (TPSA) is 35.2 Å². The van der Waals surface area contributed by atoms with Gasteiger partial charge in [0.05, 0.1) is 11.6 Å². The summed E-state index contributed by atoms with van der Waals surface area (Å²) in [4.78, 5) is 0. The number of halogens is 1. The van der Waals surface area contributed by atoms with E-state index in [4.69, 9.17) is 10.5 Å². The minimum Gasteiger partial charge on any atom is -0.373 e. The molecular formula is C16H24FNO. The predicted octanol–water partition coefficient (Wildman–Crippen LogP) is 3.96. The molecule has 19 heavy (non-hydrogen) atoms. The van der Waals surface area contributed by atoms with Gasteiger partial charge in [0.25, 0.3) is 0 Å². The Labute approximate surface area is 115 Å². The Hall–Kier alpha value is -0.930. The predicted molar refractivity (Wildman–Crippen MR) is 75.4 cm³/mol. The molecule has 1 aromatic rings. The van der Waals surface area contributed by atoms with Crippen LogP contribution in [0.4, 0.5) is 4.39 Å². The van der Waals surface area contributed by atoms with Crippen molar-refractivity contribution in [2.45, 2.75) is 57.1 Å². The average molecular weight is 265 g/mol. The van der Waals surface area contributed by atoms with Crippen molar-refractivity contribution in [1.29, 1.82) is 0 Å². The lowest BCUT2D eigenvalue weighted by molar-refractivity contribution is -0.0696. The van der Waals surface area contributed by atoms with E-state index in [9.17, 15) is 4.39 Å². The van der Waals surface area contributed by atoms with E-state index in [2.05, 4.69) is 0 Å². The molecule has 2 rings (SSSR count). The molecule has 0 aliphatic heterocycles. The van der Waals surface area contributed by atoms with Gasteiger partial charge in [0.1, 0.15) is 5.82 Å². The summed E-state index contributed by atoms with van der Waals surface area (Å²) in [6.07, 6.45) is 6.83. The fraction of sp³-hybridized carbons (Fsp3) is 0.625. The van der Waals surface area contributed by atoms with Crippen molar-refractivity contribution >= 4 is 0 Å². The van der Waals surface area contributed by atoms with E-state index >= 15 is 0 Å². The van der Waals surface area contributed by atoms with Gasteiger partial charge in [-0.1, -0.05) is 37.8 Å². The van der Waals surface area contributed by atoms with Gasteiger partial charge in [-0.05, 0) is 37.5 Å². The minimum atomic E-state index is -0.275. The molecular weight excluding hydrogens is 241 g/mol. The number of nitrogens with two attached hydrogens (primary N) is 1. The fourth-order valence-corrected chi connectivity index (χ4v) is 3.13. The lowest BCUT2D eigenvalue weighted by atomic mass is 9.82. The van der Waals surface area contributed by atoms with E-state index in [-0.39, 0.29) is 17.5 Å². The van der Waals surface area contributed by atoms with Crippen molar-refractivity contribution in [3.8, 4) is 0 Å². The van der Waals surface area contributed by atoms with Crippen molar-refractivity contribution in [2.75, 3.05) is 6.61 Å². The van der Waals surface area contributed by atoms with Crippen molar-refractivity contribution in [2.24, 2.45) is 5.73 Å². The number of ether oxygens (including phenoxy) is 1. The van der Waals surface area contributed by atoms with Gasteiger partial charge in [-0.3, -0.25) is 0 Å². The molecule has 1 unspecified atom stereocenters. The highest BCUT2D eigenvalue weighted by molar-refractivity contribution is 5.23. The first-order chi connectivity index (χ1) is 9.18. The summed E-state index contributed by atoms with van der Waals surface area (Å²) in [6.45, 7) is 2.69. The molecule has 106 valence electrons. The van der Waals surface area contributed by atoms with Crippen molar-refractivity contribution in [1.82, 2.24) is 0 Å². The van der Waals surface area contributed by atoms with Gasteiger partial charge in [-0.25, -0.2) is 4.39 Å². The zero-order valence-corrected chi connectivity index (χ0v) is 11.7. The van der Waals surface area contributed by atoms with Crippen LogP contribution < -0.4 is 5.73 Å². The Morgan fingerprint density at radius 1 is 1.16 bits per heavy atom. The quantitative estimate of drug-likeness (QED) is 0.836. The Morgan fingerprint density at radius 3 is 2.26 bits per heavy atom. The summed E-state index contributed by atoms with van der Waals surface area (Å²) in [7, 11) is 0. The third-order valence-corrected chi connectivity index (χ3v) is 4.18. The average Bonchev–Trinajstić information content (AvgIpc) is 2.66. The molecule has 0 spiro atoms. The second-order valence-corrected chi connectivity index (χ2v) is 5.44. The van der Waals surface area contributed by atoms with Crippen LogP contribution >= 0.6 is 0 Å². The molecule has 1 fully saturated rings. The number of hydrogen-bond donors (Lipinski definition) is 1. The lowest BCUT2D eigenvalue weighted by Crippen LogP contribution is -2.43. The third kappa shape index (κ3) is 3.34. The van der Waals surface area contributed by atoms with Crippen molar-refractivity contribution < 1.29 is 9.13 Å². The summed E-state index contributed by atoms with van der Waals surface area (Å²) in [5, 5.41) is 0. The molecule has 1 saturated carbocycles. The monoisotopic (exact) mass is 265 g/mol. The molecule has 2 nitrogen and oxygen atoms in total. The molecule has 0 saturated heterocycles. The number of hydrogen-bond acceptors (Lipinski definition) is 2. The zero-order valence-electron chi connectivity index (χ0n) is 11.7. The summed E-state index contributed by atoms with van der Waals surface area (Å²) < 4.78 is 19.1. The highest BCUT2D eigenvalue weighted by Gasteiger charge is 2.38. The maximum absolute atomic E-state index is 13.0. The number of rotatable bonds is 4. The van der Waals surface area contributed by atoms with E-state index in [1.165, 1.54) is 25.0 Å². The molecule has 1 aliphatic carbocycles. The first-order valence-electron chi connectivity index (χ1n) is 7.33. The lowest BCUT2D eigenvalue weighted by Gasteiger charge is -2.38. The van der Waals surface area contributed by atoms with Crippen LogP contribution in [0, 0.1) is 5.82 Å². The van der Waals surface area contributed by atoms with E-state index < -0.39 is 0 Å². The highest BCUT2D eigenvalue weighted by atomic mass is 19.1. The van der Waals surface area contributed by atoms with E-state index in [0.29, 0.717) is 6.61 Å². The van der Waals surface area contributed by atoms with Crippen LogP contribution in [0.3, 0.4) is 0 Å². The van der Waals surface area contributed by atoms with E-state index in [1.807, 2.05) is 6.92 Å². The Morgan fingerprint density at radius 2 is 1.74 bits per heavy atom. The minimum absolute atomic E-state index is 0.175. The molecule has 1 atom stereocenters. The van der Waals surface area contributed by atoms with Gasteiger partial charge < -0.3 is 10.5 Å². The van der Waals surface area contributed by atoms with Crippen molar-refractivity contribution in [3.63, 3.8) is 0 Å². The van der Waals surface area contributed by atoms with Crippen LogP contribution in [0.25, 0.3) is 0 Å². The molecule has 2 N–H and O–H groups in total. The molecule has 1 aromatic carbocycles. The number of benzene rings is 1. The standard InChI is InChI=1S/C16H24FNO/c1-2-19-16(11-5-3-4-6-12-16)15(18)13-7-9-14(17)10-8-13/h7-10,15H,2-6,11-12,18H2,1H3. The van der Waals surface area contributed by atoms with Gasteiger partial charge >= 0.3 is 0 Å². The highest BCUT2D eigenvalue weighted by Crippen LogP contribution is 2.39. The van der Waals surface area contributed by atoms with Crippen LogP contribution in [0.5, 0.6) is 0 Å². The van der Waals surface area contributed by atoms with Crippen LogP contribution in [-0.2, 0) is 4.74 Å². The summed E-state index contributed by atoms with van der Waals surface area (Å²) >= 11 is 0. The van der Waals surface area contributed by atoms with Crippen LogP contribution in [0.2, 0.25) is 0 Å². The van der Waals surface area contributed by atoms with Gasteiger partial charge in [0.2, 0.25) is 0 Å². The Balaban J connectivity index is 2.23. The maximum atomic E-state index is 13.0. The van der Waals surface area contributed by atoms with Gasteiger partial charge in [-0.2, -0.15) is 0 Å². The second-order valence-electron chi connectivity index (χ2n) is 5.44. The van der Waals surface area contributed by atoms with Gasteiger partial charge in [-0.15, -0.1) is 0 Å². The Kier molecular flexibility index (Phi) is 4.94. The van der Waals surface area contributed by atoms with Crippen LogP contribution in [0.15, 0.2) is 24.3 Å². The summed E-state index contributed by atoms with van der Waals surface area (Å²) in [5.41, 5.74) is 7.16. The first kappa shape index (κ1) is 14.5. The second kappa shape index (κ2) is 6.49. The first-order valence-corrected chi connectivity index (χ1v) is 7.33. The normalized spacial score (nSPS) is 20.8. The molecule has 0 heterocycles. The van der Waals surface area contributed by atoms with E-state index in [1.54, 1.807) is 12.1 Å². The molecule has 0 aromatic heterocycles. The molecule has 0 amide bonds. The van der Waals surface area contributed by atoms with Crippen molar-refractivity contribution in [3.05, 3.63) is 35.6 Å². The zero-order chi connectivity index (χ0) is 13.7. The van der Waals surface area contributed by atoms with Gasteiger partial charge in [0.15, 0.2) is 0 Å². The van der Waals surface area contributed by atoms with Crippen LogP contribution in [0.1, 0.15) is 57.1 Å². The van der Waals surface area contributed by atoms with Crippen LogP contribution in [-0.4, -0.2) is 12.2 Å². The smallest absolute Gasteiger partial charge is 0.123 e. The maximum Gasteiger partial charge on any atom is 0.123 e. The molecule has 0 radical (unpaired) electrons. The largest absolute Gasteiger partial charge is 0.373 e. The SMILES string of the molecule is CCOC1(C(N)c2ccc(F)cc2)CCCCCC1. The molecule has 1 aliphatic rings. The summed E-state index contributed by atoms with van der Waals surface area (Å²) in [6, 6.07) is 6.35. The van der Waals surface area contributed by atoms with Gasteiger partial charge in [0, 0.05) is 6.61 Å².